The standard InChI is InChI=1S/C11H13N3/c1-2-10(6-3-4-7-12)11-13-8-5-9-14-11/h2-6,8-9H,1,7,12H2/b4-3-,10-6+. The summed E-state index contributed by atoms with van der Waals surface area (Å²) in [6, 6.07) is 1.78. The Morgan fingerprint density at radius 1 is 1.43 bits per heavy atom. The summed E-state index contributed by atoms with van der Waals surface area (Å²) in [5, 5.41) is 0. The fourth-order valence-electron chi connectivity index (χ4n) is 0.932. The number of allylic oxidation sites excluding steroid dienone is 4. The van der Waals surface area contributed by atoms with E-state index in [0.717, 1.165) is 5.57 Å². The zero-order chi connectivity index (χ0) is 10.2. The largest absolute Gasteiger partial charge is 0.327 e. The molecule has 0 aliphatic rings. The van der Waals surface area contributed by atoms with Crippen molar-refractivity contribution in [2.45, 2.75) is 0 Å². The quantitative estimate of drug-likeness (QED) is 0.728. The molecule has 2 N–H and O–H groups in total. The molecule has 1 heterocycles. The lowest BCUT2D eigenvalue weighted by atomic mass is 10.2. The van der Waals surface area contributed by atoms with E-state index in [2.05, 4.69) is 16.5 Å². The Balaban J connectivity index is 2.87. The third-order valence-electron chi connectivity index (χ3n) is 1.59. The van der Waals surface area contributed by atoms with Gasteiger partial charge in [-0.3, -0.25) is 0 Å². The van der Waals surface area contributed by atoms with Crippen LogP contribution in [0.2, 0.25) is 0 Å². The summed E-state index contributed by atoms with van der Waals surface area (Å²) in [5.41, 5.74) is 6.21. The first-order chi connectivity index (χ1) is 6.88. The Morgan fingerprint density at radius 2 is 2.14 bits per heavy atom. The van der Waals surface area contributed by atoms with Gasteiger partial charge in [0.2, 0.25) is 0 Å². The predicted octanol–water partition coefficient (Wildman–Crippen LogP) is 1.56. The molecule has 0 atom stereocenters. The lowest BCUT2D eigenvalue weighted by Gasteiger charge is -1.96. The molecule has 0 unspecified atom stereocenters. The lowest BCUT2D eigenvalue weighted by Crippen LogP contribution is -1.92. The molecule has 1 aromatic heterocycles. The fraction of sp³-hybridized carbons (Fsp3) is 0.0909. The Kier molecular flexibility index (Phi) is 4.31. The third-order valence-corrected chi connectivity index (χ3v) is 1.59. The van der Waals surface area contributed by atoms with E-state index in [1.165, 1.54) is 0 Å². The van der Waals surface area contributed by atoms with Crippen LogP contribution in [0.4, 0.5) is 0 Å². The minimum absolute atomic E-state index is 0.524. The van der Waals surface area contributed by atoms with E-state index in [4.69, 9.17) is 5.73 Å². The van der Waals surface area contributed by atoms with Gasteiger partial charge < -0.3 is 5.73 Å². The van der Waals surface area contributed by atoms with Crippen molar-refractivity contribution < 1.29 is 0 Å². The molecule has 0 aliphatic carbocycles. The molecule has 72 valence electrons. The maximum atomic E-state index is 5.32. The number of aromatic nitrogens is 2. The highest BCUT2D eigenvalue weighted by Crippen LogP contribution is 2.08. The van der Waals surface area contributed by atoms with Crippen LogP contribution < -0.4 is 5.73 Å². The van der Waals surface area contributed by atoms with E-state index >= 15 is 0 Å². The van der Waals surface area contributed by atoms with Crippen LogP contribution in [0.25, 0.3) is 5.57 Å². The second-order valence-corrected chi connectivity index (χ2v) is 2.56. The second-order valence-electron chi connectivity index (χ2n) is 2.56. The second kappa shape index (κ2) is 5.83. The molecule has 0 aliphatic heterocycles. The van der Waals surface area contributed by atoms with E-state index in [0.29, 0.717) is 12.4 Å². The Labute approximate surface area is 83.7 Å². The number of nitrogens with two attached hydrogens (primary N) is 1. The Morgan fingerprint density at radius 3 is 2.71 bits per heavy atom. The van der Waals surface area contributed by atoms with Gasteiger partial charge in [0, 0.05) is 24.5 Å². The van der Waals surface area contributed by atoms with Gasteiger partial charge in [-0.1, -0.05) is 30.9 Å². The predicted molar refractivity (Wildman–Crippen MR) is 58.4 cm³/mol. The summed E-state index contributed by atoms with van der Waals surface area (Å²) >= 11 is 0. The zero-order valence-electron chi connectivity index (χ0n) is 7.93. The van der Waals surface area contributed by atoms with E-state index in [-0.39, 0.29) is 0 Å². The molecule has 0 bridgehead atoms. The zero-order valence-corrected chi connectivity index (χ0v) is 7.93. The van der Waals surface area contributed by atoms with Gasteiger partial charge >= 0.3 is 0 Å². The molecular weight excluding hydrogens is 174 g/mol. The van der Waals surface area contributed by atoms with Gasteiger partial charge in [-0.2, -0.15) is 0 Å². The topological polar surface area (TPSA) is 51.8 Å². The van der Waals surface area contributed by atoms with Crippen molar-refractivity contribution in [2.75, 3.05) is 6.54 Å². The Bertz CT molecular complexity index is 339. The van der Waals surface area contributed by atoms with Crippen molar-refractivity contribution >= 4 is 5.57 Å². The van der Waals surface area contributed by atoms with Crippen molar-refractivity contribution in [3.8, 4) is 0 Å². The van der Waals surface area contributed by atoms with E-state index < -0.39 is 0 Å². The van der Waals surface area contributed by atoms with Crippen LogP contribution in [0, 0.1) is 0 Å². The molecule has 0 radical (unpaired) electrons. The van der Waals surface area contributed by atoms with E-state index in [1.807, 2.05) is 18.2 Å². The van der Waals surface area contributed by atoms with Crippen molar-refractivity contribution in [1.29, 1.82) is 0 Å². The normalized spacial score (nSPS) is 11.9. The highest BCUT2D eigenvalue weighted by atomic mass is 14.8. The van der Waals surface area contributed by atoms with Crippen molar-refractivity contribution in [3.05, 3.63) is 55.2 Å². The van der Waals surface area contributed by atoms with Crippen molar-refractivity contribution in [2.24, 2.45) is 5.73 Å². The molecule has 0 amide bonds. The molecule has 0 aromatic carbocycles. The van der Waals surface area contributed by atoms with Gasteiger partial charge in [0.1, 0.15) is 0 Å². The number of nitrogens with zero attached hydrogens (tertiary/aromatic N) is 2. The third kappa shape index (κ3) is 2.95. The first kappa shape index (κ1) is 10.3. The van der Waals surface area contributed by atoms with Crippen molar-refractivity contribution in [3.63, 3.8) is 0 Å². The van der Waals surface area contributed by atoms with Gasteiger partial charge in [-0.05, 0) is 6.07 Å². The van der Waals surface area contributed by atoms with Gasteiger partial charge in [0.05, 0.1) is 0 Å². The summed E-state index contributed by atoms with van der Waals surface area (Å²) in [6.45, 7) is 4.23. The molecule has 0 saturated heterocycles. The average Bonchev–Trinajstić information content (AvgIpc) is 2.26. The SMILES string of the molecule is C=C/C(=C\C=C/CN)c1ncccn1. The first-order valence-electron chi connectivity index (χ1n) is 4.35. The highest BCUT2D eigenvalue weighted by Gasteiger charge is 1.96. The molecule has 3 nitrogen and oxygen atoms in total. The monoisotopic (exact) mass is 187 g/mol. The summed E-state index contributed by atoms with van der Waals surface area (Å²) in [5.74, 6) is 0.671. The smallest absolute Gasteiger partial charge is 0.159 e. The van der Waals surface area contributed by atoms with Crippen molar-refractivity contribution in [1.82, 2.24) is 9.97 Å². The molecule has 0 fully saturated rings. The van der Waals surface area contributed by atoms with E-state index in [9.17, 15) is 0 Å². The van der Waals surface area contributed by atoms with Crippen LogP contribution in [0.1, 0.15) is 5.82 Å². The van der Waals surface area contributed by atoms with Gasteiger partial charge in [0.15, 0.2) is 5.82 Å². The van der Waals surface area contributed by atoms with Crippen LogP contribution in [0.5, 0.6) is 0 Å². The summed E-state index contributed by atoms with van der Waals surface area (Å²) in [7, 11) is 0. The van der Waals surface area contributed by atoms with Gasteiger partial charge in [-0.15, -0.1) is 0 Å². The van der Waals surface area contributed by atoms with Crippen LogP contribution >= 0.6 is 0 Å². The number of hydrogen-bond acceptors (Lipinski definition) is 3. The number of hydrogen-bond donors (Lipinski definition) is 1. The lowest BCUT2D eigenvalue weighted by molar-refractivity contribution is 1.12. The van der Waals surface area contributed by atoms with Crippen LogP contribution in [-0.2, 0) is 0 Å². The van der Waals surface area contributed by atoms with E-state index in [1.54, 1.807) is 24.5 Å². The summed E-state index contributed by atoms with van der Waals surface area (Å²) < 4.78 is 0. The minimum atomic E-state index is 0.524. The van der Waals surface area contributed by atoms with Gasteiger partial charge in [0.25, 0.3) is 0 Å². The van der Waals surface area contributed by atoms with Crippen LogP contribution in [-0.4, -0.2) is 16.5 Å². The fourth-order valence-corrected chi connectivity index (χ4v) is 0.932. The maximum Gasteiger partial charge on any atom is 0.159 e. The minimum Gasteiger partial charge on any atom is -0.327 e. The van der Waals surface area contributed by atoms with Crippen LogP contribution in [0.15, 0.2) is 49.3 Å². The first-order valence-corrected chi connectivity index (χ1v) is 4.35. The number of rotatable bonds is 4. The molecule has 1 aromatic rings. The average molecular weight is 187 g/mol. The molecule has 14 heavy (non-hydrogen) atoms. The molecular formula is C11H13N3. The highest BCUT2D eigenvalue weighted by molar-refractivity contribution is 5.69. The van der Waals surface area contributed by atoms with Gasteiger partial charge in [-0.25, -0.2) is 9.97 Å². The molecule has 0 saturated carbocycles. The molecule has 1 rings (SSSR count). The summed E-state index contributed by atoms with van der Waals surface area (Å²) in [4.78, 5) is 8.23. The maximum absolute atomic E-state index is 5.32. The molecule has 3 heteroatoms. The molecule has 0 spiro atoms. The van der Waals surface area contributed by atoms with Crippen LogP contribution in [0.3, 0.4) is 0 Å². The summed E-state index contributed by atoms with van der Waals surface area (Å²) in [6.07, 6.45) is 10.7. The Hall–Kier alpha value is -1.74.